The van der Waals surface area contributed by atoms with Gasteiger partial charge in [0, 0.05) is 11.8 Å². The SMILES string of the molecule is COC(=O)C#CC1C(C(=O)O)C1(C)C. The third kappa shape index (κ3) is 1.72. The van der Waals surface area contributed by atoms with Crippen LogP contribution < -0.4 is 0 Å². The highest BCUT2D eigenvalue weighted by molar-refractivity contribution is 5.89. The Bertz CT molecular complexity index is 332. The Balaban J connectivity index is 2.69. The summed E-state index contributed by atoms with van der Waals surface area (Å²) in [6.07, 6.45) is 0. The molecule has 0 saturated heterocycles. The Labute approximate surface area is 82.2 Å². The number of carbonyl (C=O) groups excluding carboxylic acids is 1. The summed E-state index contributed by atoms with van der Waals surface area (Å²) in [7, 11) is 1.24. The Morgan fingerprint density at radius 1 is 1.43 bits per heavy atom. The minimum Gasteiger partial charge on any atom is -0.481 e. The first-order chi connectivity index (χ1) is 6.41. The van der Waals surface area contributed by atoms with E-state index in [1.807, 2.05) is 13.8 Å². The Morgan fingerprint density at radius 2 is 2.00 bits per heavy atom. The number of methoxy groups -OCH3 is 1. The molecule has 1 aliphatic rings. The Kier molecular flexibility index (Phi) is 2.52. The number of hydrogen-bond donors (Lipinski definition) is 1. The van der Waals surface area contributed by atoms with Crippen molar-refractivity contribution in [3.05, 3.63) is 0 Å². The number of rotatable bonds is 1. The van der Waals surface area contributed by atoms with Crippen molar-refractivity contribution >= 4 is 11.9 Å². The summed E-state index contributed by atoms with van der Waals surface area (Å²) in [6, 6.07) is 0. The molecule has 0 aliphatic heterocycles. The molecule has 4 nitrogen and oxygen atoms in total. The van der Waals surface area contributed by atoms with E-state index in [2.05, 4.69) is 16.6 Å². The average molecular weight is 196 g/mol. The van der Waals surface area contributed by atoms with Crippen LogP contribution in [0, 0.1) is 29.1 Å². The van der Waals surface area contributed by atoms with E-state index in [0.29, 0.717) is 0 Å². The lowest BCUT2D eigenvalue weighted by molar-refractivity contribution is -0.139. The van der Waals surface area contributed by atoms with E-state index in [1.165, 1.54) is 7.11 Å². The van der Waals surface area contributed by atoms with Gasteiger partial charge in [-0.2, -0.15) is 0 Å². The molecule has 0 aromatic carbocycles. The van der Waals surface area contributed by atoms with Crippen molar-refractivity contribution in [2.24, 2.45) is 17.3 Å². The van der Waals surface area contributed by atoms with Crippen LogP contribution in [0.15, 0.2) is 0 Å². The minimum atomic E-state index is -0.862. The van der Waals surface area contributed by atoms with Crippen LogP contribution in [0.5, 0.6) is 0 Å². The van der Waals surface area contributed by atoms with Gasteiger partial charge in [-0.3, -0.25) is 4.79 Å². The molecule has 0 radical (unpaired) electrons. The molecule has 76 valence electrons. The fourth-order valence-electron chi connectivity index (χ4n) is 1.56. The van der Waals surface area contributed by atoms with E-state index in [-0.39, 0.29) is 11.3 Å². The maximum absolute atomic E-state index is 10.7. The molecular weight excluding hydrogens is 184 g/mol. The summed E-state index contributed by atoms with van der Waals surface area (Å²) in [5, 5.41) is 8.80. The molecule has 0 bridgehead atoms. The molecule has 0 aromatic rings. The van der Waals surface area contributed by atoms with Crippen molar-refractivity contribution in [1.29, 1.82) is 0 Å². The number of hydrogen-bond acceptors (Lipinski definition) is 3. The first-order valence-corrected chi connectivity index (χ1v) is 4.23. The van der Waals surface area contributed by atoms with Gasteiger partial charge < -0.3 is 9.84 Å². The normalized spacial score (nSPS) is 27.1. The van der Waals surface area contributed by atoms with Crippen LogP contribution in [-0.2, 0) is 14.3 Å². The first-order valence-electron chi connectivity index (χ1n) is 4.23. The quantitative estimate of drug-likeness (QED) is 0.377. The van der Waals surface area contributed by atoms with Crippen LogP contribution in [0.4, 0.5) is 0 Å². The molecule has 0 heterocycles. The van der Waals surface area contributed by atoms with E-state index in [0.717, 1.165) is 0 Å². The summed E-state index contributed by atoms with van der Waals surface area (Å²) in [5.74, 6) is 2.67. The third-order valence-electron chi connectivity index (χ3n) is 2.61. The van der Waals surface area contributed by atoms with Gasteiger partial charge >= 0.3 is 11.9 Å². The zero-order valence-corrected chi connectivity index (χ0v) is 8.33. The predicted octanol–water partition coefficient (Wildman–Crippen LogP) is 0.520. The van der Waals surface area contributed by atoms with Gasteiger partial charge in [0.25, 0.3) is 0 Å². The fraction of sp³-hybridized carbons (Fsp3) is 0.600. The number of aliphatic carboxylic acids is 1. The van der Waals surface area contributed by atoms with Gasteiger partial charge in [0.15, 0.2) is 0 Å². The van der Waals surface area contributed by atoms with Crippen LogP contribution in [0.2, 0.25) is 0 Å². The number of ether oxygens (including phenoxy) is 1. The molecule has 2 unspecified atom stereocenters. The molecule has 1 fully saturated rings. The van der Waals surface area contributed by atoms with Crippen molar-refractivity contribution in [1.82, 2.24) is 0 Å². The molecule has 0 amide bonds. The summed E-state index contributed by atoms with van der Waals surface area (Å²) >= 11 is 0. The summed E-state index contributed by atoms with van der Waals surface area (Å²) in [5.41, 5.74) is -0.340. The van der Waals surface area contributed by atoms with E-state index < -0.39 is 17.9 Å². The second-order valence-corrected chi connectivity index (χ2v) is 3.88. The molecule has 14 heavy (non-hydrogen) atoms. The van der Waals surface area contributed by atoms with Crippen LogP contribution in [0.1, 0.15) is 13.8 Å². The molecule has 0 spiro atoms. The van der Waals surface area contributed by atoms with Crippen molar-refractivity contribution in [3.63, 3.8) is 0 Å². The van der Waals surface area contributed by atoms with E-state index >= 15 is 0 Å². The van der Waals surface area contributed by atoms with Crippen LogP contribution >= 0.6 is 0 Å². The minimum absolute atomic E-state index is 0.251. The van der Waals surface area contributed by atoms with Crippen LogP contribution in [0.25, 0.3) is 0 Å². The third-order valence-corrected chi connectivity index (χ3v) is 2.61. The Hall–Kier alpha value is -1.50. The van der Waals surface area contributed by atoms with E-state index in [1.54, 1.807) is 0 Å². The second kappa shape index (κ2) is 3.33. The highest BCUT2D eigenvalue weighted by Crippen LogP contribution is 2.57. The molecule has 2 atom stereocenters. The molecule has 1 N–H and O–H groups in total. The molecule has 1 saturated carbocycles. The standard InChI is InChI=1S/C10H12O4/c1-10(2)6(8(10)9(12)13)4-5-7(11)14-3/h6,8H,1-3H3,(H,12,13). The topological polar surface area (TPSA) is 63.6 Å². The molecule has 0 aromatic heterocycles. The fourth-order valence-corrected chi connectivity index (χ4v) is 1.56. The molecular formula is C10H12O4. The largest absolute Gasteiger partial charge is 0.481 e. The van der Waals surface area contributed by atoms with Crippen molar-refractivity contribution in [2.45, 2.75) is 13.8 Å². The second-order valence-electron chi connectivity index (χ2n) is 3.88. The van der Waals surface area contributed by atoms with Crippen LogP contribution in [-0.4, -0.2) is 24.2 Å². The molecule has 1 aliphatic carbocycles. The van der Waals surface area contributed by atoms with E-state index in [9.17, 15) is 9.59 Å². The van der Waals surface area contributed by atoms with Gasteiger partial charge in [0.05, 0.1) is 13.0 Å². The van der Waals surface area contributed by atoms with Gasteiger partial charge in [0.1, 0.15) is 0 Å². The van der Waals surface area contributed by atoms with Gasteiger partial charge in [-0.15, -0.1) is 0 Å². The van der Waals surface area contributed by atoms with Crippen LogP contribution in [0.3, 0.4) is 0 Å². The number of carboxylic acid groups (broad SMARTS) is 1. The summed E-state index contributed by atoms with van der Waals surface area (Å²) < 4.78 is 4.33. The first kappa shape index (κ1) is 10.6. The van der Waals surface area contributed by atoms with Crippen molar-refractivity contribution in [3.8, 4) is 11.8 Å². The number of esters is 1. The van der Waals surface area contributed by atoms with Crippen molar-refractivity contribution < 1.29 is 19.4 Å². The zero-order valence-electron chi connectivity index (χ0n) is 8.33. The van der Waals surface area contributed by atoms with Gasteiger partial charge in [-0.25, -0.2) is 4.79 Å². The molecule has 1 rings (SSSR count). The zero-order chi connectivity index (χ0) is 10.9. The lowest BCUT2D eigenvalue weighted by Crippen LogP contribution is -2.03. The number of carboxylic acids is 1. The van der Waals surface area contributed by atoms with Gasteiger partial charge in [-0.1, -0.05) is 19.8 Å². The van der Waals surface area contributed by atoms with Gasteiger partial charge in [0.2, 0.25) is 0 Å². The van der Waals surface area contributed by atoms with Gasteiger partial charge in [-0.05, 0) is 5.41 Å². The molecule has 4 heteroatoms. The van der Waals surface area contributed by atoms with E-state index in [4.69, 9.17) is 5.11 Å². The highest BCUT2D eigenvalue weighted by atomic mass is 16.5. The van der Waals surface area contributed by atoms with Crippen molar-refractivity contribution in [2.75, 3.05) is 7.11 Å². The average Bonchev–Trinajstić information content (AvgIpc) is 2.64. The maximum atomic E-state index is 10.7. The monoisotopic (exact) mass is 196 g/mol. The smallest absolute Gasteiger partial charge is 0.384 e. The Morgan fingerprint density at radius 3 is 2.36 bits per heavy atom. The highest BCUT2D eigenvalue weighted by Gasteiger charge is 2.61. The summed E-state index contributed by atoms with van der Waals surface area (Å²) in [4.78, 5) is 21.4. The summed E-state index contributed by atoms with van der Waals surface area (Å²) in [6.45, 7) is 3.64. The maximum Gasteiger partial charge on any atom is 0.384 e. The lowest BCUT2D eigenvalue weighted by Gasteiger charge is -1.94. The number of carbonyl (C=O) groups is 2. The predicted molar refractivity (Wildman–Crippen MR) is 48.2 cm³/mol. The lowest BCUT2D eigenvalue weighted by atomic mass is 10.1.